The first-order valence-electron chi connectivity index (χ1n) is 5.38. The predicted octanol–water partition coefficient (Wildman–Crippen LogP) is 4.12. The highest BCUT2D eigenvalue weighted by atomic mass is 79.9. The fraction of sp³-hybridized carbons (Fsp3) is 0. The summed E-state index contributed by atoms with van der Waals surface area (Å²) in [5.74, 6) is 0. The number of halogens is 1. The zero-order chi connectivity index (χ0) is 11.8. The van der Waals surface area contributed by atoms with E-state index >= 15 is 0 Å². The van der Waals surface area contributed by atoms with Gasteiger partial charge in [0.05, 0.1) is 0 Å². The molecule has 0 N–H and O–H groups in total. The summed E-state index contributed by atoms with van der Waals surface area (Å²) in [5.41, 5.74) is 0.0769. The van der Waals surface area contributed by atoms with Crippen LogP contribution in [0.15, 0.2) is 63.9 Å². The average molecular weight is 285 g/mol. The van der Waals surface area contributed by atoms with Crippen LogP contribution in [0.2, 0.25) is 0 Å². The summed E-state index contributed by atoms with van der Waals surface area (Å²) in [6, 6.07) is 17.5. The summed E-state index contributed by atoms with van der Waals surface area (Å²) in [5, 5.41) is 3.43. The molecule has 0 spiro atoms. The number of fused-ring (bicyclic) bond motifs is 2. The monoisotopic (exact) mass is 284 g/mol. The molecule has 0 atom stereocenters. The normalized spacial score (nSPS) is 10.9. The molecule has 0 aliphatic heterocycles. The van der Waals surface area contributed by atoms with Crippen LogP contribution in [0.1, 0.15) is 0 Å². The molecule has 0 bridgehead atoms. The Morgan fingerprint density at radius 1 is 0.765 bits per heavy atom. The molecule has 3 aromatic rings. The fourth-order valence-corrected chi connectivity index (χ4v) is 2.64. The van der Waals surface area contributed by atoms with Crippen molar-refractivity contribution in [2.75, 3.05) is 0 Å². The Hall–Kier alpha value is -1.67. The third kappa shape index (κ3) is 1.65. The molecule has 0 saturated heterocycles. The van der Waals surface area contributed by atoms with Crippen LogP contribution in [-0.4, -0.2) is 0 Å². The van der Waals surface area contributed by atoms with Gasteiger partial charge in [0.2, 0.25) is 0 Å². The lowest BCUT2D eigenvalue weighted by Gasteiger charge is -1.94. The van der Waals surface area contributed by atoms with E-state index in [2.05, 4.69) is 15.9 Å². The van der Waals surface area contributed by atoms with Gasteiger partial charge in [-0.05, 0) is 16.8 Å². The van der Waals surface area contributed by atoms with Crippen LogP contribution in [0.4, 0.5) is 0 Å². The minimum atomic E-state index is 0.0769. The lowest BCUT2D eigenvalue weighted by atomic mass is 10.1. The van der Waals surface area contributed by atoms with Gasteiger partial charge in [-0.15, -0.1) is 0 Å². The Kier molecular flexibility index (Phi) is 2.45. The van der Waals surface area contributed by atoms with Crippen LogP contribution < -0.4 is 5.43 Å². The smallest absolute Gasteiger partial charge is 0.195 e. The van der Waals surface area contributed by atoms with Crippen molar-refractivity contribution in [2.45, 2.75) is 0 Å². The van der Waals surface area contributed by atoms with Crippen molar-refractivity contribution < 1.29 is 0 Å². The summed E-state index contributed by atoms with van der Waals surface area (Å²) >= 11 is 3.45. The Bertz CT molecular complexity index is 778. The van der Waals surface area contributed by atoms with Gasteiger partial charge in [0.15, 0.2) is 5.43 Å². The van der Waals surface area contributed by atoms with Crippen molar-refractivity contribution in [1.29, 1.82) is 0 Å². The molecular formula is C15H9BrO. The second-order valence-electron chi connectivity index (χ2n) is 3.95. The highest BCUT2D eigenvalue weighted by Crippen LogP contribution is 2.22. The standard InChI is InChI=1S/C15H9BrO/c16-13-7-3-5-11-9-8-10-4-1-2-6-12(10)15(17)14(11)13/h1-9H. The van der Waals surface area contributed by atoms with Crippen molar-refractivity contribution in [3.63, 3.8) is 0 Å². The lowest BCUT2D eigenvalue weighted by molar-refractivity contribution is 1.71. The molecule has 0 saturated carbocycles. The molecule has 17 heavy (non-hydrogen) atoms. The molecular weight excluding hydrogens is 276 g/mol. The Balaban J connectivity index is 2.71. The van der Waals surface area contributed by atoms with Crippen LogP contribution in [0.5, 0.6) is 0 Å². The number of benzene rings is 2. The molecule has 3 rings (SSSR count). The Morgan fingerprint density at radius 2 is 1.47 bits per heavy atom. The highest BCUT2D eigenvalue weighted by Gasteiger charge is 2.04. The summed E-state index contributed by atoms with van der Waals surface area (Å²) < 4.78 is 0.848. The van der Waals surface area contributed by atoms with Crippen molar-refractivity contribution >= 4 is 37.5 Å². The first-order valence-corrected chi connectivity index (χ1v) is 6.17. The van der Waals surface area contributed by atoms with E-state index in [1.807, 2.05) is 54.6 Å². The topological polar surface area (TPSA) is 17.1 Å². The third-order valence-corrected chi connectivity index (χ3v) is 3.58. The zero-order valence-corrected chi connectivity index (χ0v) is 10.6. The van der Waals surface area contributed by atoms with Gasteiger partial charge in [-0.1, -0.05) is 64.5 Å². The molecule has 2 heteroatoms. The van der Waals surface area contributed by atoms with Gasteiger partial charge in [-0.2, -0.15) is 0 Å². The lowest BCUT2D eigenvalue weighted by Crippen LogP contribution is -1.98. The van der Waals surface area contributed by atoms with Gasteiger partial charge >= 0.3 is 0 Å². The molecule has 0 heterocycles. The van der Waals surface area contributed by atoms with E-state index in [9.17, 15) is 4.79 Å². The summed E-state index contributed by atoms with van der Waals surface area (Å²) in [4.78, 5) is 12.5. The van der Waals surface area contributed by atoms with Gasteiger partial charge in [0.25, 0.3) is 0 Å². The maximum Gasteiger partial charge on any atom is 0.195 e. The van der Waals surface area contributed by atoms with Crippen molar-refractivity contribution in [2.24, 2.45) is 0 Å². The summed E-state index contributed by atoms with van der Waals surface area (Å²) in [6.45, 7) is 0. The highest BCUT2D eigenvalue weighted by molar-refractivity contribution is 9.10. The van der Waals surface area contributed by atoms with Gasteiger partial charge < -0.3 is 0 Å². The largest absolute Gasteiger partial charge is 0.289 e. The van der Waals surface area contributed by atoms with Crippen molar-refractivity contribution in [3.05, 3.63) is 69.3 Å². The summed E-state index contributed by atoms with van der Waals surface area (Å²) in [6.07, 6.45) is 0. The molecule has 3 aromatic carbocycles. The number of hydrogen-bond acceptors (Lipinski definition) is 1. The molecule has 0 radical (unpaired) electrons. The van der Waals surface area contributed by atoms with E-state index in [4.69, 9.17) is 0 Å². The van der Waals surface area contributed by atoms with Crippen LogP contribution in [0, 0.1) is 0 Å². The molecule has 0 aromatic heterocycles. The van der Waals surface area contributed by atoms with Gasteiger partial charge in [0.1, 0.15) is 0 Å². The van der Waals surface area contributed by atoms with Crippen LogP contribution in [-0.2, 0) is 0 Å². The molecule has 82 valence electrons. The second-order valence-corrected chi connectivity index (χ2v) is 4.81. The first kappa shape index (κ1) is 10.5. The maximum absolute atomic E-state index is 12.5. The second kappa shape index (κ2) is 3.97. The molecule has 1 nitrogen and oxygen atoms in total. The van der Waals surface area contributed by atoms with Crippen LogP contribution >= 0.6 is 15.9 Å². The predicted molar refractivity (Wildman–Crippen MR) is 75.4 cm³/mol. The van der Waals surface area contributed by atoms with E-state index in [1.165, 1.54) is 0 Å². The van der Waals surface area contributed by atoms with E-state index in [0.717, 1.165) is 26.0 Å². The van der Waals surface area contributed by atoms with Crippen molar-refractivity contribution in [3.8, 4) is 0 Å². The Labute approximate surface area is 107 Å². The van der Waals surface area contributed by atoms with E-state index in [0.29, 0.717) is 0 Å². The minimum Gasteiger partial charge on any atom is -0.289 e. The molecule has 0 unspecified atom stereocenters. The SMILES string of the molecule is O=c1c2ccccc2ccc2cccc(Br)c12. The first-order chi connectivity index (χ1) is 8.27. The Morgan fingerprint density at radius 3 is 2.35 bits per heavy atom. The van der Waals surface area contributed by atoms with Crippen molar-refractivity contribution in [1.82, 2.24) is 0 Å². The quantitative estimate of drug-likeness (QED) is 0.607. The molecule has 0 aliphatic rings. The molecule has 0 fully saturated rings. The average Bonchev–Trinajstić information content (AvgIpc) is 2.49. The number of hydrogen-bond donors (Lipinski definition) is 0. The fourth-order valence-electron chi connectivity index (χ4n) is 2.08. The van der Waals surface area contributed by atoms with Gasteiger partial charge in [0, 0.05) is 15.2 Å². The minimum absolute atomic E-state index is 0.0769. The van der Waals surface area contributed by atoms with E-state index in [1.54, 1.807) is 0 Å². The van der Waals surface area contributed by atoms with Crippen LogP contribution in [0.25, 0.3) is 21.5 Å². The zero-order valence-electron chi connectivity index (χ0n) is 8.98. The summed E-state index contributed by atoms with van der Waals surface area (Å²) in [7, 11) is 0. The molecule has 0 aliphatic carbocycles. The maximum atomic E-state index is 12.5. The van der Waals surface area contributed by atoms with Crippen LogP contribution in [0.3, 0.4) is 0 Å². The molecule has 0 amide bonds. The van der Waals surface area contributed by atoms with Gasteiger partial charge in [-0.3, -0.25) is 4.79 Å². The van der Waals surface area contributed by atoms with E-state index < -0.39 is 0 Å². The van der Waals surface area contributed by atoms with E-state index in [-0.39, 0.29) is 5.43 Å². The van der Waals surface area contributed by atoms with Gasteiger partial charge in [-0.25, -0.2) is 0 Å². The third-order valence-electron chi connectivity index (χ3n) is 2.92. The number of rotatable bonds is 0.